The molecule has 0 atom stereocenters. The number of aromatic nitrogens is 2. The predicted octanol–water partition coefficient (Wildman–Crippen LogP) is 5.39. The van der Waals surface area contributed by atoms with Gasteiger partial charge in [0.2, 0.25) is 5.75 Å². The molecular formula is C25H26N2O3. The van der Waals surface area contributed by atoms with E-state index in [4.69, 9.17) is 19.2 Å². The molecule has 154 valence electrons. The molecule has 0 saturated heterocycles. The van der Waals surface area contributed by atoms with E-state index in [1.54, 1.807) is 21.3 Å². The summed E-state index contributed by atoms with van der Waals surface area (Å²) in [5.41, 5.74) is 6.69. The van der Waals surface area contributed by atoms with Crippen LogP contribution in [0.3, 0.4) is 0 Å². The summed E-state index contributed by atoms with van der Waals surface area (Å²) in [6, 6.07) is 18.6. The monoisotopic (exact) mass is 402 g/mol. The molecule has 0 unspecified atom stereocenters. The van der Waals surface area contributed by atoms with Gasteiger partial charge in [-0.2, -0.15) is 0 Å². The zero-order valence-electron chi connectivity index (χ0n) is 18.0. The molecule has 0 amide bonds. The number of hydrogen-bond acceptors (Lipinski definition) is 4. The Balaban J connectivity index is 1.91. The number of imidazole rings is 1. The van der Waals surface area contributed by atoms with Crippen LogP contribution in [-0.2, 0) is 6.54 Å². The van der Waals surface area contributed by atoms with Crippen LogP contribution >= 0.6 is 0 Å². The Hall–Kier alpha value is -3.47. The number of fused-ring (bicyclic) bond motifs is 1. The minimum Gasteiger partial charge on any atom is -0.493 e. The van der Waals surface area contributed by atoms with E-state index in [1.807, 2.05) is 30.3 Å². The molecule has 1 heterocycles. The number of nitrogens with zero attached hydrogens (tertiary/aromatic N) is 2. The highest BCUT2D eigenvalue weighted by atomic mass is 16.5. The highest BCUT2D eigenvalue weighted by Gasteiger charge is 2.17. The minimum atomic E-state index is 0.592. The standard InChI is InChI=1S/C25H26N2O3/c1-16-11-20-21(12-17(16)2)27(25(26-20)19-9-7-6-8-10-19)15-18-13-22(28-3)24(30-5)23(14-18)29-4/h6-14H,15H2,1-5H3. The van der Waals surface area contributed by atoms with Crippen molar-refractivity contribution in [1.82, 2.24) is 9.55 Å². The quantitative estimate of drug-likeness (QED) is 0.434. The van der Waals surface area contributed by atoms with Crippen LogP contribution < -0.4 is 14.2 Å². The molecule has 5 heteroatoms. The third-order valence-electron chi connectivity index (χ3n) is 5.46. The number of rotatable bonds is 6. The lowest BCUT2D eigenvalue weighted by Crippen LogP contribution is -2.04. The van der Waals surface area contributed by atoms with Crippen LogP contribution in [0.4, 0.5) is 0 Å². The molecule has 0 aliphatic heterocycles. The van der Waals surface area contributed by atoms with E-state index >= 15 is 0 Å². The molecule has 0 saturated carbocycles. The van der Waals surface area contributed by atoms with Gasteiger partial charge in [-0.3, -0.25) is 0 Å². The first kappa shape index (κ1) is 19.8. The van der Waals surface area contributed by atoms with Crippen LogP contribution in [-0.4, -0.2) is 30.9 Å². The SMILES string of the molecule is COc1cc(Cn2c(-c3ccccc3)nc3cc(C)c(C)cc32)cc(OC)c1OC. The summed E-state index contributed by atoms with van der Waals surface area (Å²) in [4.78, 5) is 4.98. The molecule has 4 rings (SSSR count). The lowest BCUT2D eigenvalue weighted by molar-refractivity contribution is 0.323. The Bertz CT molecular complexity index is 1170. The van der Waals surface area contributed by atoms with Gasteiger partial charge < -0.3 is 18.8 Å². The van der Waals surface area contributed by atoms with Crippen molar-refractivity contribution in [3.63, 3.8) is 0 Å². The molecule has 3 aromatic carbocycles. The summed E-state index contributed by atoms with van der Waals surface area (Å²) in [6.07, 6.45) is 0. The Labute approximate surface area is 176 Å². The Kier molecular flexibility index (Phi) is 5.36. The summed E-state index contributed by atoms with van der Waals surface area (Å²) in [5.74, 6) is 2.81. The Morgan fingerprint density at radius 2 is 1.43 bits per heavy atom. The summed E-state index contributed by atoms with van der Waals surface area (Å²) in [6.45, 7) is 4.88. The molecule has 0 N–H and O–H groups in total. The first-order valence-corrected chi connectivity index (χ1v) is 9.87. The van der Waals surface area contributed by atoms with Crippen LogP contribution in [0.15, 0.2) is 54.6 Å². The van der Waals surface area contributed by atoms with Crippen molar-refractivity contribution in [2.45, 2.75) is 20.4 Å². The van der Waals surface area contributed by atoms with Crippen molar-refractivity contribution in [2.75, 3.05) is 21.3 Å². The average molecular weight is 402 g/mol. The Morgan fingerprint density at radius 3 is 2.03 bits per heavy atom. The maximum atomic E-state index is 5.55. The number of benzene rings is 3. The average Bonchev–Trinajstić information content (AvgIpc) is 3.10. The number of aryl methyl sites for hydroxylation is 2. The molecule has 0 fully saturated rings. The maximum Gasteiger partial charge on any atom is 0.203 e. The summed E-state index contributed by atoms with van der Waals surface area (Å²) < 4.78 is 18.8. The fourth-order valence-corrected chi connectivity index (χ4v) is 3.76. The molecular weight excluding hydrogens is 376 g/mol. The highest BCUT2D eigenvalue weighted by Crippen LogP contribution is 2.39. The highest BCUT2D eigenvalue weighted by molar-refractivity contribution is 5.82. The number of methoxy groups -OCH3 is 3. The van der Waals surface area contributed by atoms with Crippen LogP contribution in [0.5, 0.6) is 17.2 Å². The van der Waals surface area contributed by atoms with Crippen LogP contribution in [0.1, 0.15) is 16.7 Å². The largest absolute Gasteiger partial charge is 0.493 e. The van der Waals surface area contributed by atoms with Crippen molar-refractivity contribution >= 4 is 11.0 Å². The number of hydrogen-bond donors (Lipinski definition) is 0. The Morgan fingerprint density at radius 1 is 0.800 bits per heavy atom. The van der Waals surface area contributed by atoms with Crippen LogP contribution in [0.25, 0.3) is 22.4 Å². The van der Waals surface area contributed by atoms with Gasteiger partial charge in [-0.25, -0.2) is 4.98 Å². The van der Waals surface area contributed by atoms with E-state index in [0.717, 1.165) is 28.0 Å². The topological polar surface area (TPSA) is 45.5 Å². The first-order valence-electron chi connectivity index (χ1n) is 9.87. The first-order chi connectivity index (χ1) is 14.5. The zero-order valence-corrected chi connectivity index (χ0v) is 18.0. The maximum absolute atomic E-state index is 5.55. The second-order valence-corrected chi connectivity index (χ2v) is 7.35. The molecule has 0 aliphatic carbocycles. The lowest BCUT2D eigenvalue weighted by Gasteiger charge is -2.16. The van der Waals surface area contributed by atoms with Gasteiger partial charge in [0.25, 0.3) is 0 Å². The van der Waals surface area contributed by atoms with Crippen LogP contribution in [0.2, 0.25) is 0 Å². The smallest absolute Gasteiger partial charge is 0.203 e. The van der Waals surface area contributed by atoms with E-state index in [-0.39, 0.29) is 0 Å². The van der Waals surface area contributed by atoms with Crippen LogP contribution in [0, 0.1) is 13.8 Å². The molecule has 0 spiro atoms. The fourth-order valence-electron chi connectivity index (χ4n) is 3.76. The van der Waals surface area contributed by atoms with Gasteiger partial charge in [-0.05, 0) is 54.8 Å². The van der Waals surface area contributed by atoms with Gasteiger partial charge in [0.05, 0.1) is 32.4 Å². The van der Waals surface area contributed by atoms with Crippen molar-refractivity contribution < 1.29 is 14.2 Å². The van der Waals surface area contributed by atoms with Gasteiger partial charge in [0.15, 0.2) is 11.5 Å². The second kappa shape index (κ2) is 8.11. The molecule has 1 aromatic heterocycles. The summed E-state index contributed by atoms with van der Waals surface area (Å²) >= 11 is 0. The fraction of sp³-hybridized carbons (Fsp3) is 0.240. The van der Waals surface area contributed by atoms with Crippen molar-refractivity contribution in [2.24, 2.45) is 0 Å². The predicted molar refractivity (Wildman–Crippen MR) is 120 cm³/mol. The van der Waals surface area contributed by atoms with Gasteiger partial charge in [0.1, 0.15) is 5.82 Å². The molecule has 0 bridgehead atoms. The minimum absolute atomic E-state index is 0.592. The molecule has 4 aromatic rings. The second-order valence-electron chi connectivity index (χ2n) is 7.35. The third-order valence-corrected chi connectivity index (χ3v) is 5.46. The van der Waals surface area contributed by atoms with Crippen molar-refractivity contribution in [3.05, 3.63) is 71.3 Å². The lowest BCUT2D eigenvalue weighted by atomic mass is 10.1. The van der Waals surface area contributed by atoms with E-state index in [2.05, 4.69) is 42.7 Å². The molecule has 0 aliphatic rings. The zero-order chi connectivity index (χ0) is 21.3. The van der Waals surface area contributed by atoms with E-state index in [9.17, 15) is 0 Å². The molecule has 30 heavy (non-hydrogen) atoms. The molecule has 5 nitrogen and oxygen atoms in total. The van der Waals surface area contributed by atoms with Crippen molar-refractivity contribution in [1.29, 1.82) is 0 Å². The molecule has 0 radical (unpaired) electrons. The third kappa shape index (κ3) is 3.47. The number of ether oxygens (including phenoxy) is 3. The normalized spacial score (nSPS) is 11.0. The van der Waals surface area contributed by atoms with Crippen molar-refractivity contribution in [3.8, 4) is 28.6 Å². The van der Waals surface area contributed by atoms with E-state index < -0.39 is 0 Å². The summed E-state index contributed by atoms with van der Waals surface area (Å²) in [5, 5.41) is 0. The van der Waals surface area contributed by atoms with Gasteiger partial charge in [0, 0.05) is 12.1 Å². The summed E-state index contributed by atoms with van der Waals surface area (Å²) in [7, 11) is 4.88. The van der Waals surface area contributed by atoms with Gasteiger partial charge in [-0.15, -0.1) is 0 Å². The van der Waals surface area contributed by atoms with Gasteiger partial charge >= 0.3 is 0 Å². The van der Waals surface area contributed by atoms with Gasteiger partial charge in [-0.1, -0.05) is 30.3 Å². The van der Waals surface area contributed by atoms with E-state index in [1.165, 1.54) is 11.1 Å². The van der Waals surface area contributed by atoms with E-state index in [0.29, 0.717) is 23.8 Å².